The van der Waals surface area contributed by atoms with E-state index in [-0.39, 0.29) is 0 Å². The van der Waals surface area contributed by atoms with E-state index in [1.165, 1.54) is 11.4 Å². The number of halogens is 1. The molecule has 0 unspecified atom stereocenters. The fourth-order valence-corrected chi connectivity index (χ4v) is 2.19. The average molecular weight is 282 g/mol. The second-order valence-corrected chi connectivity index (χ2v) is 5.70. The van der Waals surface area contributed by atoms with Crippen LogP contribution >= 0.6 is 33.9 Å². The zero-order valence-electron chi connectivity index (χ0n) is 6.67. The number of rotatable bonds is 3. The summed E-state index contributed by atoms with van der Waals surface area (Å²) in [7, 11) is 0. The SMILES string of the molecule is CC(C)CCc1nnc(I)s1. The highest BCUT2D eigenvalue weighted by Gasteiger charge is 2.01. The number of aromatic nitrogens is 2. The average Bonchev–Trinajstić information content (AvgIpc) is 2.31. The van der Waals surface area contributed by atoms with Crippen molar-refractivity contribution < 1.29 is 0 Å². The van der Waals surface area contributed by atoms with Crippen molar-refractivity contribution in [3.63, 3.8) is 0 Å². The van der Waals surface area contributed by atoms with Gasteiger partial charge in [-0.1, -0.05) is 25.2 Å². The van der Waals surface area contributed by atoms with Gasteiger partial charge in [0, 0.05) is 6.42 Å². The molecule has 62 valence electrons. The Kier molecular flexibility index (Phi) is 3.71. The van der Waals surface area contributed by atoms with Crippen LogP contribution in [0.25, 0.3) is 0 Å². The fraction of sp³-hybridized carbons (Fsp3) is 0.714. The van der Waals surface area contributed by atoms with E-state index in [1.807, 2.05) is 0 Å². The highest BCUT2D eigenvalue weighted by Crippen LogP contribution is 2.15. The Morgan fingerprint density at radius 3 is 2.64 bits per heavy atom. The van der Waals surface area contributed by atoms with Crippen molar-refractivity contribution in [2.24, 2.45) is 5.92 Å². The van der Waals surface area contributed by atoms with Crippen molar-refractivity contribution in [1.82, 2.24) is 10.2 Å². The van der Waals surface area contributed by atoms with Crippen molar-refractivity contribution in [3.8, 4) is 0 Å². The normalized spacial score (nSPS) is 10.9. The van der Waals surface area contributed by atoms with Gasteiger partial charge in [0.15, 0.2) is 3.01 Å². The molecule has 0 bridgehead atoms. The summed E-state index contributed by atoms with van der Waals surface area (Å²) in [4.78, 5) is 0. The van der Waals surface area contributed by atoms with E-state index in [0.717, 1.165) is 15.4 Å². The predicted molar refractivity (Wildman–Crippen MR) is 55.8 cm³/mol. The van der Waals surface area contributed by atoms with Crippen LogP contribution in [0.1, 0.15) is 25.3 Å². The molecule has 1 aromatic heterocycles. The third kappa shape index (κ3) is 3.46. The minimum Gasteiger partial charge on any atom is -0.143 e. The van der Waals surface area contributed by atoms with Gasteiger partial charge in [-0.2, -0.15) is 0 Å². The molecule has 0 aromatic carbocycles. The number of hydrogen-bond donors (Lipinski definition) is 0. The lowest BCUT2D eigenvalue weighted by molar-refractivity contribution is 0.584. The minimum atomic E-state index is 0.761. The van der Waals surface area contributed by atoms with Crippen LogP contribution in [0.15, 0.2) is 0 Å². The van der Waals surface area contributed by atoms with E-state index in [0.29, 0.717) is 0 Å². The summed E-state index contributed by atoms with van der Waals surface area (Å²) in [6.45, 7) is 4.46. The zero-order valence-corrected chi connectivity index (χ0v) is 9.65. The predicted octanol–water partition coefficient (Wildman–Crippen LogP) is 2.73. The van der Waals surface area contributed by atoms with E-state index in [9.17, 15) is 0 Å². The Morgan fingerprint density at radius 2 is 2.18 bits per heavy atom. The van der Waals surface area contributed by atoms with E-state index in [1.54, 1.807) is 11.3 Å². The van der Waals surface area contributed by atoms with Crippen molar-refractivity contribution in [3.05, 3.63) is 8.02 Å². The fourth-order valence-electron chi connectivity index (χ4n) is 0.746. The van der Waals surface area contributed by atoms with E-state index in [2.05, 4.69) is 46.6 Å². The lowest BCUT2D eigenvalue weighted by Crippen LogP contribution is -1.91. The van der Waals surface area contributed by atoms with Crippen LogP contribution in [-0.2, 0) is 6.42 Å². The molecule has 4 heteroatoms. The molecule has 0 aliphatic carbocycles. The summed E-state index contributed by atoms with van der Waals surface area (Å²) >= 11 is 3.90. The number of aryl methyl sites for hydroxylation is 1. The van der Waals surface area contributed by atoms with Gasteiger partial charge in [0.25, 0.3) is 0 Å². The summed E-state index contributed by atoms with van der Waals surface area (Å²) in [5.74, 6) is 0.761. The van der Waals surface area contributed by atoms with Gasteiger partial charge in [-0.25, -0.2) is 0 Å². The lowest BCUT2D eigenvalue weighted by Gasteiger charge is -1.99. The van der Waals surface area contributed by atoms with E-state index < -0.39 is 0 Å². The van der Waals surface area contributed by atoms with Gasteiger partial charge < -0.3 is 0 Å². The smallest absolute Gasteiger partial charge is 0.143 e. The molecule has 0 fully saturated rings. The van der Waals surface area contributed by atoms with E-state index in [4.69, 9.17) is 0 Å². The molecule has 11 heavy (non-hydrogen) atoms. The van der Waals surface area contributed by atoms with Gasteiger partial charge >= 0.3 is 0 Å². The Hall–Kier alpha value is 0.290. The quantitative estimate of drug-likeness (QED) is 0.797. The molecule has 0 N–H and O–H groups in total. The maximum atomic E-state index is 4.05. The molecule has 1 aromatic rings. The Balaban J connectivity index is 2.39. The van der Waals surface area contributed by atoms with Crippen LogP contribution in [0.5, 0.6) is 0 Å². The number of hydrogen-bond acceptors (Lipinski definition) is 3. The molecular weight excluding hydrogens is 271 g/mol. The van der Waals surface area contributed by atoms with Gasteiger partial charge in [0.05, 0.1) is 0 Å². The largest absolute Gasteiger partial charge is 0.178 e. The molecular formula is C7H11IN2S. The lowest BCUT2D eigenvalue weighted by atomic mass is 10.1. The first-order valence-electron chi connectivity index (χ1n) is 3.66. The molecule has 2 nitrogen and oxygen atoms in total. The standard InChI is InChI=1S/C7H11IN2S/c1-5(2)3-4-6-9-10-7(8)11-6/h5H,3-4H2,1-2H3. The van der Waals surface area contributed by atoms with Gasteiger partial charge in [-0.15, -0.1) is 10.2 Å². The highest BCUT2D eigenvalue weighted by molar-refractivity contribution is 14.1. The third-order valence-electron chi connectivity index (χ3n) is 1.38. The van der Waals surface area contributed by atoms with Crippen LogP contribution in [-0.4, -0.2) is 10.2 Å². The summed E-state index contributed by atoms with van der Waals surface area (Å²) in [6, 6.07) is 0. The molecule has 0 saturated carbocycles. The summed E-state index contributed by atoms with van der Waals surface area (Å²) in [6.07, 6.45) is 2.30. The molecule has 0 spiro atoms. The summed E-state index contributed by atoms with van der Waals surface area (Å²) < 4.78 is 1.04. The maximum absolute atomic E-state index is 4.05. The van der Waals surface area contributed by atoms with Gasteiger partial charge in [0.1, 0.15) is 5.01 Å². The first-order chi connectivity index (χ1) is 5.18. The molecule has 1 heterocycles. The molecule has 0 aliphatic rings. The summed E-state index contributed by atoms with van der Waals surface area (Å²) in [5.41, 5.74) is 0. The van der Waals surface area contributed by atoms with Crippen LogP contribution < -0.4 is 0 Å². The van der Waals surface area contributed by atoms with Crippen LogP contribution in [0, 0.1) is 8.93 Å². The van der Waals surface area contributed by atoms with Crippen molar-refractivity contribution in [1.29, 1.82) is 0 Å². The maximum Gasteiger partial charge on any atom is 0.178 e. The summed E-state index contributed by atoms with van der Waals surface area (Å²) in [5, 5.41) is 9.17. The first-order valence-corrected chi connectivity index (χ1v) is 5.56. The molecule has 1 rings (SSSR count). The Bertz CT molecular complexity index is 222. The Labute approximate surface area is 84.6 Å². The molecule has 0 aliphatic heterocycles. The zero-order chi connectivity index (χ0) is 8.27. The van der Waals surface area contributed by atoms with Gasteiger partial charge in [0.2, 0.25) is 0 Å². The van der Waals surface area contributed by atoms with Crippen LogP contribution in [0.4, 0.5) is 0 Å². The van der Waals surface area contributed by atoms with Crippen molar-refractivity contribution >= 4 is 33.9 Å². The van der Waals surface area contributed by atoms with Crippen LogP contribution in [0.2, 0.25) is 0 Å². The third-order valence-corrected chi connectivity index (χ3v) is 3.03. The second-order valence-electron chi connectivity index (χ2n) is 2.88. The number of nitrogens with zero attached hydrogens (tertiary/aromatic N) is 2. The molecule has 0 atom stereocenters. The molecule has 0 radical (unpaired) electrons. The van der Waals surface area contributed by atoms with Gasteiger partial charge in [-0.3, -0.25) is 0 Å². The monoisotopic (exact) mass is 282 g/mol. The van der Waals surface area contributed by atoms with Crippen molar-refractivity contribution in [2.45, 2.75) is 26.7 Å². The molecule has 0 amide bonds. The first kappa shape index (κ1) is 9.38. The molecule has 0 saturated heterocycles. The topological polar surface area (TPSA) is 25.8 Å². The van der Waals surface area contributed by atoms with E-state index >= 15 is 0 Å². The Morgan fingerprint density at radius 1 is 1.45 bits per heavy atom. The van der Waals surface area contributed by atoms with Crippen molar-refractivity contribution in [2.75, 3.05) is 0 Å². The second kappa shape index (κ2) is 4.35. The minimum absolute atomic E-state index is 0.761. The highest BCUT2D eigenvalue weighted by atomic mass is 127. The van der Waals surface area contributed by atoms with Gasteiger partial charge in [-0.05, 0) is 34.9 Å². The van der Waals surface area contributed by atoms with Crippen LogP contribution in [0.3, 0.4) is 0 Å².